The molecule has 11 nitrogen and oxygen atoms in total. The highest BCUT2D eigenvalue weighted by Gasteiger charge is 2.46. The fourth-order valence-electron chi connectivity index (χ4n) is 8.93. The molecule has 1 aromatic carbocycles. The number of nitrogens with zero attached hydrogens (tertiary/aromatic N) is 7. The van der Waals surface area contributed by atoms with Crippen molar-refractivity contribution in [2.75, 3.05) is 63.6 Å². The van der Waals surface area contributed by atoms with E-state index in [4.69, 9.17) is 9.72 Å². The van der Waals surface area contributed by atoms with E-state index < -0.39 is 11.7 Å². The van der Waals surface area contributed by atoms with Crippen molar-refractivity contribution in [3.63, 3.8) is 0 Å². The Balaban J connectivity index is 1.04. The van der Waals surface area contributed by atoms with Gasteiger partial charge in [0.1, 0.15) is 11.4 Å². The summed E-state index contributed by atoms with van der Waals surface area (Å²) in [5.41, 5.74) is 4.13. The van der Waals surface area contributed by atoms with E-state index in [0.717, 1.165) is 55.5 Å². The number of pyridine rings is 2. The third kappa shape index (κ3) is 6.58. The summed E-state index contributed by atoms with van der Waals surface area (Å²) >= 11 is 0. The number of benzene rings is 1. The van der Waals surface area contributed by atoms with Crippen molar-refractivity contribution in [1.29, 1.82) is 0 Å². The lowest BCUT2D eigenvalue weighted by molar-refractivity contribution is -0.0704. The second-order valence-electron chi connectivity index (χ2n) is 15.4. The normalized spacial score (nSPS) is 23.0. The van der Waals surface area contributed by atoms with E-state index >= 15 is 4.39 Å². The summed E-state index contributed by atoms with van der Waals surface area (Å²) in [6.07, 6.45) is 10.5. The number of hydrogen-bond donors (Lipinski definition) is 2. The summed E-state index contributed by atoms with van der Waals surface area (Å²) in [5, 5.41) is 13.3. The van der Waals surface area contributed by atoms with Gasteiger partial charge in [0.25, 0.3) is 5.91 Å². The number of hydrogen-bond acceptors (Lipinski definition) is 9. The van der Waals surface area contributed by atoms with Crippen molar-refractivity contribution in [2.24, 2.45) is 5.41 Å². The first kappa shape index (κ1) is 34.0. The molecule has 8 rings (SSSR count). The molecule has 4 aromatic rings. The Morgan fingerprint density at radius 2 is 1.73 bits per heavy atom. The molecule has 4 aliphatic rings. The fourth-order valence-corrected chi connectivity index (χ4v) is 8.93. The van der Waals surface area contributed by atoms with Gasteiger partial charge >= 0.3 is 0 Å². The topological polar surface area (TPSA) is 112 Å². The van der Waals surface area contributed by atoms with Gasteiger partial charge in [-0.1, -0.05) is 0 Å². The van der Waals surface area contributed by atoms with E-state index in [1.807, 2.05) is 6.07 Å². The number of anilines is 2. The highest BCUT2D eigenvalue weighted by atomic mass is 19.1. The zero-order valence-electron chi connectivity index (χ0n) is 29.9. The van der Waals surface area contributed by atoms with Gasteiger partial charge in [0.05, 0.1) is 35.4 Å². The number of amides is 1. The maximum atomic E-state index is 16.1. The number of nitrogens with one attached hydrogen (secondary N) is 1. The van der Waals surface area contributed by atoms with Crippen molar-refractivity contribution in [2.45, 2.75) is 76.5 Å². The van der Waals surface area contributed by atoms with Crippen LogP contribution in [-0.2, 0) is 0 Å². The standard InChI is InChI=1S/C39H49FN8O3/c1-25-20-30(35(40)36(42-25)31-22-41-15-10-34(31)51-3)37(50)44-38-43-32-9-6-28(21-33(32)48(38)27-4-7-29(49)8-5-27)46-16-11-26(12-17-46)47-23-39(24-47)13-18-45(2)19-14-39/h6,9-10,15,20-22,26-27,29,49H,4-5,7-8,11-14,16-19,23-24H2,1-3H3,(H,43,44,50). The van der Waals surface area contributed by atoms with E-state index in [-0.39, 0.29) is 23.4 Å². The smallest absolute Gasteiger partial charge is 0.261 e. The van der Waals surface area contributed by atoms with Crippen molar-refractivity contribution >= 4 is 28.6 Å². The predicted octanol–water partition coefficient (Wildman–Crippen LogP) is 5.67. The number of fused-ring (bicyclic) bond motifs is 1. The number of piperidine rings is 2. The summed E-state index contributed by atoms with van der Waals surface area (Å²) in [7, 11) is 3.74. The Morgan fingerprint density at radius 1 is 0.980 bits per heavy atom. The molecule has 3 aliphatic heterocycles. The van der Waals surface area contributed by atoms with Gasteiger partial charge in [-0.05, 0) is 114 Å². The average molecular weight is 697 g/mol. The zero-order chi connectivity index (χ0) is 35.3. The van der Waals surface area contributed by atoms with Crippen LogP contribution < -0.4 is 15.0 Å². The van der Waals surface area contributed by atoms with Crippen LogP contribution in [0.25, 0.3) is 22.3 Å². The van der Waals surface area contributed by atoms with Gasteiger partial charge in [-0.25, -0.2) is 14.4 Å². The summed E-state index contributed by atoms with van der Waals surface area (Å²) in [5.74, 6) is -0.568. The average Bonchev–Trinajstić information content (AvgIpc) is 3.49. The third-order valence-electron chi connectivity index (χ3n) is 12.0. The molecule has 6 heterocycles. The molecule has 3 aromatic heterocycles. The van der Waals surface area contributed by atoms with Gasteiger partial charge < -0.3 is 24.2 Å². The summed E-state index contributed by atoms with van der Waals surface area (Å²) in [4.78, 5) is 35.0. The number of aliphatic hydroxyl groups is 1. The van der Waals surface area contributed by atoms with Gasteiger partial charge in [0, 0.05) is 62.0 Å². The van der Waals surface area contributed by atoms with Crippen LogP contribution in [0.15, 0.2) is 42.7 Å². The molecular formula is C39H49FN8O3. The van der Waals surface area contributed by atoms with Crippen molar-refractivity contribution in [3.8, 4) is 17.0 Å². The first-order valence-corrected chi connectivity index (χ1v) is 18.5. The molecule has 1 amide bonds. The number of imidazole rings is 1. The molecule has 2 N–H and O–H groups in total. The predicted molar refractivity (Wildman–Crippen MR) is 196 cm³/mol. The molecule has 1 aliphatic carbocycles. The molecule has 3 saturated heterocycles. The van der Waals surface area contributed by atoms with Crippen LogP contribution in [0, 0.1) is 18.2 Å². The Labute approximate surface area is 298 Å². The number of halogens is 1. The lowest BCUT2D eigenvalue weighted by Crippen LogP contribution is -2.63. The van der Waals surface area contributed by atoms with Crippen LogP contribution in [0.1, 0.15) is 73.5 Å². The summed E-state index contributed by atoms with van der Waals surface area (Å²) in [6.45, 7) is 8.68. The lowest BCUT2D eigenvalue weighted by Gasteiger charge is -2.57. The minimum atomic E-state index is -0.752. The lowest BCUT2D eigenvalue weighted by atomic mass is 9.71. The highest BCUT2D eigenvalue weighted by molar-refractivity contribution is 6.05. The maximum absolute atomic E-state index is 16.1. The number of carbonyl (C=O) groups excluding carboxylic acids is 1. The zero-order valence-corrected chi connectivity index (χ0v) is 29.9. The van der Waals surface area contributed by atoms with E-state index in [2.05, 4.69) is 53.7 Å². The second-order valence-corrected chi connectivity index (χ2v) is 15.4. The van der Waals surface area contributed by atoms with Gasteiger partial charge in [-0.2, -0.15) is 0 Å². The number of ether oxygens (including phenoxy) is 1. The largest absolute Gasteiger partial charge is 0.496 e. The Morgan fingerprint density at radius 3 is 2.45 bits per heavy atom. The Hall–Kier alpha value is -4.13. The van der Waals surface area contributed by atoms with E-state index in [1.165, 1.54) is 58.4 Å². The Kier molecular flexibility index (Phi) is 9.18. The Bertz CT molecular complexity index is 1900. The van der Waals surface area contributed by atoms with Crippen LogP contribution in [0.5, 0.6) is 5.75 Å². The molecule has 0 bridgehead atoms. The number of aromatic nitrogens is 4. The third-order valence-corrected chi connectivity index (χ3v) is 12.0. The van der Waals surface area contributed by atoms with Gasteiger partial charge in [0.15, 0.2) is 5.82 Å². The van der Waals surface area contributed by atoms with Gasteiger partial charge in [-0.15, -0.1) is 0 Å². The SMILES string of the molecule is COc1ccncc1-c1nc(C)cc(C(=O)Nc2nc3ccc(N4CCC(N5CC6(CCN(C)CC6)C5)CC4)cc3n2C2CCC(O)CC2)c1F. The number of carbonyl (C=O) groups is 1. The van der Waals surface area contributed by atoms with Crippen LogP contribution in [0.3, 0.4) is 0 Å². The molecule has 0 radical (unpaired) electrons. The van der Waals surface area contributed by atoms with Crippen LogP contribution in [-0.4, -0.2) is 106 Å². The number of methoxy groups -OCH3 is 1. The summed E-state index contributed by atoms with van der Waals surface area (Å²) in [6, 6.07) is 10.1. The molecule has 0 atom stereocenters. The monoisotopic (exact) mass is 696 g/mol. The molecule has 51 heavy (non-hydrogen) atoms. The molecule has 270 valence electrons. The second kappa shape index (κ2) is 13.8. The first-order chi connectivity index (χ1) is 24.7. The van der Waals surface area contributed by atoms with Gasteiger partial charge in [-0.3, -0.25) is 20.0 Å². The van der Waals surface area contributed by atoms with Crippen LogP contribution in [0.4, 0.5) is 16.0 Å². The summed E-state index contributed by atoms with van der Waals surface area (Å²) < 4.78 is 23.6. The fraction of sp³-hybridized carbons (Fsp3) is 0.538. The number of rotatable bonds is 7. The van der Waals surface area contributed by atoms with Gasteiger partial charge in [0.2, 0.25) is 5.95 Å². The maximum Gasteiger partial charge on any atom is 0.261 e. The molecular weight excluding hydrogens is 647 g/mol. The van der Waals surface area contributed by atoms with E-state index in [1.54, 1.807) is 19.2 Å². The molecule has 0 unspecified atom stereocenters. The minimum absolute atomic E-state index is 0.00344. The van der Waals surface area contributed by atoms with E-state index in [0.29, 0.717) is 47.3 Å². The number of aliphatic hydroxyl groups excluding tert-OH is 1. The van der Waals surface area contributed by atoms with Crippen LogP contribution >= 0.6 is 0 Å². The quantitative estimate of drug-likeness (QED) is 0.252. The number of likely N-dealkylation sites (tertiary alicyclic amines) is 2. The first-order valence-electron chi connectivity index (χ1n) is 18.5. The van der Waals surface area contributed by atoms with Crippen molar-refractivity contribution in [1.82, 2.24) is 29.3 Å². The van der Waals surface area contributed by atoms with E-state index in [9.17, 15) is 9.90 Å². The van der Waals surface area contributed by atoms with Crippen molar-refractivity contribution < 1.29 is 19.0 Å². The molecule has 1 saturated carbocycles. The highest BCUT2D eigenvalue weighted by Crippen LogP contribution is 2.43. The minimum Gasteiger partial charge on any atom is -0.496 e. The van der Waals surface area contributed by atoms with Crippen molar-refractivity contribution in [3.05, 3.63) is 59.8 Å². The molecule has 12 heteroatoms. The molecule has 4 fully saturated rings. The molecule has 1 spiro atoms. The van der Waals surface area contributed by atoms with Crippen LogP contribution in [0.2, 0.25) is 0 Å². The number of aryl methyl sites for hydroxylation is 1.